The minimum absolute atomic E-state index is 0.126. The lowest BCUT2D eigenvalue weighted by Gasteiger charge is -2.33. The van der Waals surface area contributed by atoms with Crippen LogP contribution in [0.2, 0.25) is 0 Å². The van der Waals surface area contributed by atoms with E-state index in [2.05, 4.69) is 25.3 Å². The second-order valence-electron chi connectivity index (χ2n) is 8.22. The summed E-state index contributed by atoms with van der Waals surface area (Å²) in [6, 6.07) is 6.72. The number of benzene rings is 1. The number of rotatable bonds is 4. The van der Waals surface area contributed by atoms with Gasteiger partial charge in [-0.05, 0) is 37.0 Å². The fourth-order valence-electron chi connectivity index (χ4n) is 3.60. The van der Waals surface area contributed by atoms with Crippen molar-refractivity contribution < 1.29 is 22.7 Å². The highest BCUT2D eigenvalue weighted by atomic mass is 19.4. The van der Waals surface area contributed by atoms with E-state index in [9.17, 15) is 18.0 Å². The summed E-state index contributed by atoms with van der Waals surface area (Å²) in [7, 11) is 0. The highest BCUT2D eigenvalue weighted by molar-refractivity contribution is 5.88. The molecule has 0 aliphatic carbocycles. The quantitative estimate of drug-likeness (QED) is 0.537. The summed E-state index contributed by atoms with van der Waals surface area (Å²) in [6.07, 6.45) is 2.71. The third kappa shape index (κ3) is 6.31. The van der Waals surface area contributed by atoms with Crippen LogP contribution in [0.3, 0.4) is 0 Å². The van der Waals surface area contributed by atoms with Gasteiger partial charge in [-0.25, -0.2) is 19.7 Å². The zero-order valence-corrected chi connectivity index (χ0v) is 19.1. The van der Waals surface area contributed by atoms with Gasteiger partial charge in [0.1, 0.15) is 5.75 Å². The standard InChI is InChI=1S/C24H23F3N6O2/c1-15-14-33(23(34)32-21-13-28-16(2)10-29-21)7-6-18(15)8-17-4-3-5-20(9-17)35-22-30-11-19(12-31-22)24(25,26)27/h3-5,8-13,15H,6-7,14H2,1-2H3,(H,29,32,34). The number of anilines is 1. The van der Waals surface area contributed by atoms with Crippen molar-refractivity contribution in [1.82, 2.24) is 24.8 Å². The first kappa shape index (κ1) is 24.1. The number of amides is 2. The summed E-state index contributed by atoms with van der Waals surface area (Å²) in [5.41, 5.74) is 1.87. The van der Waals surface area contributed by atoms with Crippen LogP contribution in [0.25, 0.3) is 6.08 Å². The van der Waals surface area contributed by atoms with Crippen molar-refractivity contribution in [2.75, 3.05) is 18.4 Å². The third-order valence-corrected chi connectivity index (χ3v) is 5.48. The Morgan fingerprint density at radius 3 is 2.57 bits per heavy atom. The zero-order valence-electron chi connectivity index (χ0n) is 19.1. The van der Waals surface area contributed by atoms with E-state index < -0.39 is 11.7 Å². The van der Waals surface area contributed by atoms with Crippen LogP contribution in [0, 0.1) is 12.8 Å². The normalized spacial score (nSPS) is 17.3. The molecule has 3 heterocycles. The van der Waals surface area contributed by atoms with Crippen LogP contribution in [-0.2, 0) is 6.18 Å². The Balaban J connectivity index is 1.38. The molecule has 0 radical (unpaired) electrons. The van der Waals surface area contributed by atoms with Gasteiger partial charge in [0.15, 0.2) is 5.82 Å². The van der Waals surface area contributed by atoms with Crippen LogP contribution >= 0.6 is 0 Å². The zero-order chi connectivity index (χ0) is 25.0. The number of ether oxygens (including phenoxy) is 1. The maximum Gasteiger partial charge on any atom is 0.419 e. The SMILES string of the molecule is Cc1cnc(NC(=O)N2CCC(=Cc3cccc(Oc4ncc(C(F)(F)F)cn4)c3)C(C)C2)cn1. The van der Waals surface area contributed by atoms with Gasteiger partial charge in [-0.2, -0.15) is 13.2 Å². The molecule has 2 amide bonds. The number of hydrogen-bond acceptors (Lipinski definition) is 6. The van der Waals surface area contributed by atoms with E-state index in [-0.39, 0.29) is 18.0 Å². The van der Waals surface area contributed by atoms with Crippen molar-refractivity contribution in [3.63, 3.8) is 0 Å². The van der Waals surface area contributed by atoms with E-state index in [0.29, 0.717) is 43.5 Å². The topological polar surface area (TPSA) is 93.1 Å². The fourth-order valence-corrected chi connectivity index (χ4v) is 3.60. The van der Waals surface area contributed by atoms with E-state index >= 15 is 0 Å². The van der Waals surface area contributed by atoms with Crippen molar-refractivity contribution in [2.45, 2.75) is 26.4 Å². The molecule has 1 unspecified atom stereocenters. The number of likely N-dealkylation sites (tertiary alicyclic amines) is 1. The number of halogens is 3. The molecule has 3 aromatic rings. The molecule has 1 aromatic carbocycles. The van der Waals surface area contributed by atoms with Gasteiger partial charge >= 0.3 is 18.2 Å². The van der Waals surface area contributed by atoms with Gasteiger partial charge in [0, 0.05) is 25.5 Å². The maximum absolute atomic E-state index is 12.7. The van der Waals surface area contributed by atoms with E-state index in [4.69, 9.17) is 4.74 Å². The Labute approximate surface area is 199 Å². The Morgan fingerprint density at radius 1 is 1.14 bits per heavy atom. The average Bonchev–Trinajstić information content (AvgIpc) is 2.82. The van der Waals surface area contributed by atoms with Gasteiger partial charge in [0.2, 0.25) is 0 Å². The number of hydrogen-bond donors (Lipinski definition) is 1. The Bertz CT molecular complexity index is 1210. The number of alkyl halides is 3. The van der Waals surface area contributed by atoms with Crippen molar-refractivity contribution >= 4 is 17.9 Å². The smallest absolute Gasteiger partial charge is 0.419 e. The van der Waals surface area contributed by atoms with Crippen molar-refractivity contribution in [3.8, 4) is 11.8 Å². The molecule has 11 heteroatoms. The number of carbonyl (C=O) groups is 1. The van der Waals surface area contributed by atoms with Gasteiger partial charge in [-0.3, -0.25) is 10.3 Å². The van der Waals surface area contributed by atoms with Crippen LogP contribution in [0.4, 0.5) is 23.8 Å². The molecule has 1 N–H and O–H groups in total. The first-order valence-corrected chi connectivity index (χ1v) is 10.9. The van der Waals surface area contributed by atoms with Gasteiger partial charge < -0.3 is 9.64 Å². The molecule has 35 heavy (non-hydrogen) atoms. The number of nitrogens with one attached hydrogen (secondary N) is 1. The molecular weight excluding hydrogens is 461 g/mol. The Hall–Kier alpha value is -4.02. The number of nitrogens with zero attached hydrogens (tertiary/aromatic N) is 5. The fraction of sp³-hybridized carbons (Fsp3) is 0.292. The molecule has 0 spiro atoms. The van der Waals surface area contributed by atoms with Crippen LogP contribution in [-0.4, -0.2) is 44.0 Å². The van der Waals surface area contributed by atoms with E-state index in [1.54, 1.807) is 29.3 Å². The molecular formula is C24H23F3N6O2. The molecule has 0 bridgehead atoms. The molecule has 1 fully saturated rings. The van der Waals surface area contributed by atoms with Crippen molar-refractivity contribution in [3.05, 3.63) is 71.4 Å². The summed E-state index contributed by atoms with van der Waals surface area (Å²) in [4.78, 5) is 29.9. The number of aryl methyl sites for hydroxylation is 1. The minimum Gasteiger partial charge on any atom is -0.424 e. The van der Waals surface area contributed by atoms with Gasteiger partial charge in [-0.1, -0.05) is 30.7 Å². The third-order valence-electron chi connectivity index (χ3n) is 5.48. The van der Waals surface area contributed by atoms with E-state index in [1.807, 2.05) is 26.0 Å². The summed E-state index contributed by atoms with van der Waals surface area (Å²) in [5, 5.41) is 2.77. The first-order chi connectivity index (χ1) is 16.7. The Morgan fingerprint density at radius 2 is 1.91 bits per heavy atom. The van der Waals surface area contributed by atoms with E-state index in [0.717, 1.165) is 11.3 Å². The molecule has 1 aliphatic rings. The summed E-state index contributed by atoms with van der Waals surface area (Å²) < 4.78 is 43.6. The minimum atomic E-state index is -4.51. The highest BCUT2D eigenvalue weighted by Gasteiger charge is 2.31. The second-order valence-corrected chi connectivity index (χ2v) is 8.22. The number of carbonyl (C=O) groups excluding carboxylic acids is 1. The summed E-state index contributed by atoms with van der Waals surface area (Å²) >= 11 is 0. The lowest BCUT2D eigenvalue weighted by atomic mass is 9.91. The van der Waals surface area contributed by atoms with Crippen molar-refractivity contribution in [1.29, 1.82) is 0 Å². The van der Waals surface area contributed by atoms with Crippen LogP contribution in [0.1, 0.15) is 30.2 Å². The molecule has 4 rings (SSSR count). The lowest BCUT2D eigenvalue weighted by molar-refractivity contribution is -0.138. The molecule has 182 valence electrons. The van der Waals surface area contributed by atoms with Crippen LogP contribution < -0.4 is 10.1 Å². The summed E-state index contributed by atoms with van der Waals surface area (Å²) in [5.74, 6) is 0.938. The predicted octanol–water partition coefficient (Wildman–Crippen LogP) is 5.34. The van der Waals surface area contributed by atoms with Gasteiger partial charge in [0.05, 0.1) is 23.7 Å². The lowest BCUT2D eigenvalue weighted by Crippen LogP contribution is -2.42. The Kier molecular flexibility index (Phi) is 6.94. The van der Waals surface area contributed by atoms with Crippen molar-refractivity contribution in [2.24, 2.45) is 5.92 Å². The monoisotopic (exact) mass is 484 g/mol. The largest absolute Gasteiger partial charge is 0.424 e. The van der Waals surface area contributed by atoms with Gasteiger partial charge in [-0.15, -0.1) is 0 Å². The van der Waals surface area contributed by atoms with Gasteiger partial charge in [0.25, 0.3) is 0 Å². The summed E-state index contributed by atoms with van der Waals surface area (Å²) in [6.45, 7) is 4.97. The number of aromatic nitrogens is 4. The molecule has 2 aromatic heterocycles. The number of urea groups is 1. The van der Waals surface area contributed by atoms with Crippen LogP contribution in [0.15, 0.2) is 54.6 Å². The van der Waals surface area contributed by atoms with E-state index in [1.165, 1.54) is 11.8 Å². The maximum atomic E-state index is 12.7. The highest BCUT2D eigenvalue weighted by Crippen LogP contribution is 2.30. The second kappa shape index (κ2) is 10.1. The van der Waals surface area contributed by atoms with Crippen LogP contribution in [0.5, 0.6) is 11.8 Å². The molecule has 1 aliphatic heterocycles. The molecule has 1 atom stereocenters. The molecule has 1 saturated heterocycles. The number of piperidine rings is 1. The first-order valence-electron chi connectivity index (χ1n) is 10.9. The molecule has 8 nitrogen and oxygen atoms in total. The predicted molar refractivity (Wildman–Crippen MR) is 123 cm³/mol. The average molecular weight is 484 g/mol. The molecule has 0 saturated carbocycles.